The SMILES string of the molecule is Cc1cccc(SCc2nnnn2C2CC2)c1N. The molecule has 0 aliphatic heterocycles. The van der Waals surface area contributed by atoms with Crippen LogP contribution in [-0.2, 0) is 5.75 Å². The van der Waals surface area contributed by atoms with Gasteiger partial charge in [-0.15, -0.1) is 16.9 Å². The van der Waals surface area contributed by atoms with Crippen molar-refractivity contribution in [3.63, 3.8) is 0 Å². The van der Waals surface area contributed by atoms with Crippen LogP contribution in [0.3, 0.4) is 0 Å². The first-order valence-corrected chi connectivity index (χ1v) is 6.99. The number of thioether (sulfide) groups is 1. The largest absolute Gasteiger partial charge is 0.398 e. The van der Waals surface area contributed by atoms with Crippen LogP contribution in [0.1, 0.15) is 30.3 Å². The van der Waals surface area contributed by atoms with E-state index in [2.05, 4.69) is 15.5 Å². The Morgan fingerprint density at radius 1 is 1.44 bits per heavy atom. The van der Waals surface area contributed by atoms with Gasteiger partial charge in [-0.2, -0.15) is 0 Å². The number of nitrogens with two attached hydrogens (primary N) is 1. The second-order valence-corrected chi connectivity index (χ2v) is 5.56. The Kier molecular flexibility index (Phi) is 2.95. The van der Waals surface area contributed by atoms with Gasteiger partial charge in [-0.1, -0.05) is 12.1 Å². The molecule has 0 spiro atoms. The third-order valence-electron chi connectivity index (χ3n) is 3.09. The van der Waals surface area contributed by atoms with Crippen molar-refractivity contribution in [3.05, 3.63) is 29.6 Å². The first kappa shape index (κ1) is 11.5. The Labute approximate surface area is 110 Å². The highest BCUT2D eigenvalue weighted by atomic mass is 32.2. The van der Waals surface area contributed by atoms with Gasteiger partial charge in [0.1, 0.15) is 0 Å². The van der Waals surface area contributed by atoms with Gasteiger partial charge in [0.2, 0.25) is 0 Å². The van der Waals surface area contributed by atoms with E-state index < -0.39 is 0 Å². The number of nitrogen functional groups attached to an aromatic ring is 1. The lowest BCUT2D eigenvalue weighted by Gasteiger charge is -2.07. The van der Waals surface area contributed by atoms with Crippen LogP contribution < -0.4 is 5.73 Å². The van der Waals surface area contributed by atoms with Gasteiger partial charge in [0, 0.05) is 10.6 Å². The molecule has 2 aromatic rings. The predicted molar refractivity (Wildman–Crippen MR) is 71.2 cm³/mol. The van der Waals surface area contributed by atoms with E-state index in [-0.39, 0.29) is 0 Å². The molecule has 2 N–H and O–H groups in total. The average molecular weight is 261 g/mol. The predicted octanol–water partition coefficient (Wildman–Crippen LogP) is 2.19. The lowest BCUT2D eigenvalue weighted by molar-refractivity contribution is 0.593. The van der Waals surface area contributed by atoms with Crippen molar-refractivity contribution in [1.29, 1.82) is 0 Å². The van der Waals surface area contributed by atoms with Crippen LogP contribution in [0.5, 0.6) is 0 Å². The van der Waals surface area contributed by atoms with Crippen molar-refractivity contribution in [2.24, 2.45) is 0 Å². The molecule has 94 valence electrons. The molecule has 5 nitrogen and oxygen atoms in total. The highest BCUT2D eigenvalue weighted by Gasteiger charge is 2.27. The fourth-order valence-corrected chi connectivity index (χ4v) is 2.80. The van der Waals surface area contributed by atoms with Gasteiger partial charge in [-0.05, 0) is 41.8 Å². The molecule has 0 amide bonds. The quantitative estimate of drug-likeness (QED) is 0.675. The molecule has 0 radical (unpaired) electrons. The maximum atomic E-state index is 6.05. The summed E-state index contributed by atoms with van der Waals surface area (Å²) in [6.07, 6.45) is 2.38. The first-order chi connectivity index (χ1) is 8.75. The summed E-state index contributed by atoms with van der Waals surface area (Å²) in [5.74, 6) is 1.69. The average Bonchev–Trinajstić information content (AvgIpc) is 3.11. The molecule has 1 heterocycles. The second-order valence-electron chi connectivity index (χ2n) is 4.55. The zero-order valence-corrected chi connectivity index (χ0v) is 11.0. The van der Waals surface area contributed by atoms with E-state index in [0.717, 1.165) is 27.7 Å². The fraction of sp³-hybridized carbons (Fsp3) is 0.417. The van der Waals surface area contributed by atoms with Gasteiger partial charge < -0.3 is 5.73 Å². The number of tetrazole rings is 1. The van der Waals surface area contributed by atoms with Crippen molar-refractivity contribution < 1.29 is 0 Å². The summed E-state index contributed by atoms with van der Waals surface area (Å²) in [5.41, 5.74) is 8.02. The Bertz CT molecular complexity index is 561. The smallest absolute Gasteiger partial charge is 0.161 e. The molecule has 1 aliphatic carbocycles. The number of hydrogen-bond acceptors (Lipinski definition) is 5. The Morgan fingerprint density at radius 2 is 2.28 bits per heavy atom. The third kappa shape index (κ3) is 2.20. The number of hydrogen-bond donors (Lipinski definition) is 1. The van der Waals surface area contributed by atoms with Crippen LogP contribution in [0.2, 0.25) is 0 Å². The van der Waals surface area contributed by atoms with Crippen molar-refractivity contribution in [2.75, 3.05) is 5.73 Å². The molecule has 1 aromatic carbocycles. The number of aromatic nitrogens is 4. The number of anilines is 1. The number of para-hydroxylation sites is 1. The second kappa shape index (κ2) is 4.61. The number of nitrogens with zero attached hydrogens (tertiary/aromatic N) is 4. The summed E-state index contributed by atoms with van der Waals surface area (Å²) >= 11 is 1.69. The van der Waals surface area contributed by atoms with Crippen LogP contribution in [0.4, 0.5) is 5.69 Å². The molecule has 1 saturated carbocycles. The van der Waals surface area contributed by atoms with E-state index in [1.54, 1.807) is 11.8 Å². The standard InChI is InChI=1S/C12H15N5S/c1-8-3-2-4-10(12(8)13)18-7-11-14-15-16-17(11)9-5-6-9/h2-4,9H,5-7,13H2,1H3. The normalized spacial score (nSPS) is 14.9. The molecular formula is C12H15N5S. The van der Waals surface area contributed by atoms with E-state index >= 15 is 0 Å². The maximum absolute atomic E-state index is 6.05. The first-order valence-electron chi connectivity index (χ1n) is 6.00. The van der Waals surface area contributed by atoms with E-state index in [1.165, 1.54) is 12.8 Å². The monoisotopic (exact) mass is 261 g/mol. The van der Waals surface area contributed by atoms with Crippen LogP contribution in [0.15, 0.2) is 23.1 Å². The lowest BCUT2D eigenvalue weighted by atomic mass is 10.2. The topological polar surface area (TPSA) is 69.6 Å². The summed E-state index contributed by atoms with van der Waals surface area (Å²) < 4.78 is 1.94. The van der Waals surface area contributed by atoms with Crippen molar-refractivity contribution >= 4 is 17.4 Å². The van der Waals surface area contributed by atoms with Gasteiger partial charge in [-0.25, -0.2) is 4.68 Å². The molecule has 18 heavy (non-hydrogen) atoms. The van der Waals surface area contributed by atoms with Crippen molar-refractivity contribution in [3.8, 4) is 0 Å². The zero-order valence-electron chi connectivity index (χ0n) is 10.2. The molecule has 0 saturated heterocycles. The summed E-state index contributed by atoms with van der Waals surface area (Å²) in [7, 11) is 0. The third-order valence-corrected chi connectivity index (χ3v) is 4.16. The number of rotatable bonds is 4. The molecule has 0 bridgehead atoms. The number of aryl methyl sites for hydroxylation is 1. The van der Waals surface area contributed by atoms with Crippen LogP contribution >= 0.6 is 11.8 Å². The van der Waals surface area contributed by atoms with Gasteiger partial charge >= 0.3 is 0 Å². The molecule has 1 fully saturated rings. The molecule has 0 unspecified atom stereocenters. The number of benzene rings is 1. The fourth-order valence-electron chi connectivity index (χ4n) is 1.83. The summed E-state index contributed by atoms with van der Waals surface area (Å²) in [6.45, 7) is 2.02. The minimum absolute atomic E-state index is 0.519. The summed E-state index contributed by atoms with van der Waals surface area (Å²) in [4.78, 5) is 1.10. The minimum atomic E-state index is 0.519. The zero-order chi connectivity index (χ0) is 12.5. The van der Waals surface area contributed by atoms with Gasteiger partial charge in [0.25, 0.3) is 0 Å². The van der Waals surface area contributed by atoms with E-state index in [1.807, 2.05) is 29.8 Å². The van der Waals surface area contributed by atoms with E-state index in [4.69, 9.17) is 5.73 Å². The maximum Gasteiger partial charge on any atom is 0.161 e. The van der Waals surface area contributed by atoms with Crippen LogP contribution in [0.25, 0.3) is 0 Å². The molecule has 0 atom stereocenters. The Hall–Kier alpha value is -1.56. The highest BCUT2D eigenvalue weighted by Crippen LogP contribution is 2.36. The minimum Gasteiger partial charge on any atom is -0.398 e. The van der Waals surface area contributed by atoms with Gasteiger partial charge in [0.15, 0.2) is 5.82 Å². The molecular weight excluding hydrogens is 246 g/mol. The summed E-state index contributed by atoms with van der Waals surface area (Å²) in [5, 5.41) is 11.9. The summed E-state index contributed by atoms with van der Waals surface area (Å²) in [6, 6.07) is 6.61. The molecule has 6 heteroatoms. The van der Waals surface area contributed by atoms with Crippen LogP contribution in [0, 0.1) is 6.92 Å². The van der Waals surface area contributed by atoms with Gasteiger partial charge in [-0.3, -0.25) is 0 Å². The van der Waals surface area contributed by atoms with E-state index in [9.17, 15) is 0 Å². The molecule has 1 aliphatic rings. The van der Waals surface area contributed by atoms with Crippen molar-refractivity contribution in [1.82, 2.24) is 20.2 Å². The Morgan fingerprint density at radius 3 is 3.06 bits per heavy atom. The van der Waals surface area contributed by atoms with E-state index in [0.29, 0.717) is 6.04 Å². The lowest BCUT2D eigenvalue weighted by Crippen LogP contribution is -2.02. The molecule has 3 rings (SSSR count). The highest BCUT2D eigenvalue weighted by molar-refractivity contribution is 7.98. The van der Waals surface area contributed by atoms with Gasteiger partial charge in [0.05, 0.1) is 11.8 Å². The van der Waals surface area contributed by atoms with Crippen LogP contribution in [-0.4, -0.2) is 20.2 Å². The molecule has 1 aromatic heterocycles. The Balaban J connectivity index is 1.74. The van der Waals surface area contributed by atoms with Crippen molar-refractivity contribution in [2.45, 2.75) is 36.5 Å².